The zero-order valence-electron chi connectivity index (χ0n) is 21.7. The predicted octanol–water partition coefficient (Wildman–Crippen LogP) is 4.46. The summed E-state index contributed by atoms with van der Waals surface area (Å²) in [6.07, 6.45) is 1.60. The first kappa shape index (κ1) is 27.6. The van der Waals surface area contributed by atoms with Crippen LogP contribution in [0.2, 0.25) is 0 Å². The highest BCUT2D eigenvalue weighted by Gasteiger charge is 2.28. The van der Waals surface area contributed by atoms with E-state index in [1.807, 2.05) is 19.1 Å². The summed E-state index contributed by atoms with van der Waals surface area (Å²) in [6.45, 7) is 6.22. The van der Waals surface area contributed by atoms with Gasteiger partial charge in [-0.05, 0) is 86.7 Å². The molecule has 0 bridgehead atoms. The Hall–Kier alpha value is -3.41. The number of hydrogen-bond acceptors (Lipinski definition) is 6. The molecule has 2 N–H and O–H groups in total. The molecule has 202 valence electrons. The minimum atomic E-state index is -4.00. The third-order valence-corrected chi connectivity index (χ3v) is 9.90. The van der Waals surface area contributed by atoms with Gasteiger partial charge in [-0.1, -0.05) is 18.2 Å². The lowest BCUT2D eigenvalue weighted by molar-refractivity contribution is 0.102. The smallest absolute Gasteiger partial charge is 0.262 e. The van der Waals surface area contributed by atoms with Crippen molar-refractivity contribution in [1.29, 1.82) is 0 Å². The minimum absolute atomic E-state index is 0.0385. The first-order valence-electron chi connectivity index (χ1n) is 12.1. The molecular formula is C27H31N3O6S2. The predicted molar refractivity (Wildman–Crippen MR) is 147 cm³/mol. The van der Waals surface area contributed by atoms with Gasteiger partial charge in [0.25, 0.3) is 15.9 Å². The fourth-order valence-corrected chi connectivity index (χ4v) is 7.23. The second-order valence-electron chi connectivity index (χ2n) is 9.33. The van der Waals surface area contributed by atoms with Crippen molar-refractivity contribution in [3.63, 3.8) is 0 Å². The summed E-state index contributed by atoms with van der Waals surface area (Å²) >= 11 is 0. The molecule has 1 heterocycles. The number of ether oxygens (including phenoxy) is 1. The molecule has 11 heteroatoms. The third-order valence-electron chi connectivity index (χ3n) is 6.50. The Morgan fingerprint density at radius 2 is 1.53 bits per heavy atom. The lowest BCUT2D eigenvalue weighted by Crippen LogP contribution is -2.28. The molecule has 0 radical (unpaired) electrons. The van der Waals surface area contributed by atoms with Crippen molar-refractivity contribution < 1.29 is 26.4 Å². The van der Waals surface area contributed by atoms with Gasteiger partial charge >= 0.3 is 0 Å². The number of benzene rings is 3. The van der Waals surface area contributed by atoms with E-state index in [0.29, 0.717) is 24.3 Å². The molecule has 0 unspecified atom stereocenters. The normalized spacial score (nSPS) is 14.3. The maximum absolute atomic E-state index is 13.3. The molecule has 38 heavy (non-hydrogen) atoms. The van der Waals surface area contributed by atoms with Crippen LogP contribution in [0.15, 0.2) is 64.4 Å². The largest absolute Gasteiger partial charge is 0.495 e. The van der Waals surface area contributed by atoms with Gasteiger partial charge in [0.2, 0.25) is 10.0 Å². The van der Waals surface area contributed by atoms with Crippen LogP contribution in [0.1, 0.15) is 39.9 Å². The molecule has 1 aliphatic heterocycles. The molecule has 0 aromatic heterocycles. The van der Waals surface area contributed by atoms with Crippen molar-refractivity contribution in [3.8, 4) is 5.75 Å². The Kier molecular flexibility index (Phi) is 7.82. The van der Waals surface area contributed by atoms with Gasteiger partial charge in [-0.15, -0.1) is 0 Å². The highest BCUT2D eigenvalue weighted by molar-refractivity contribution is 7.92. The van der Waals surface area contributed by atoms with Gasteiger partial charge in [0.15, 0.2) is 0 Å². The number of hydrogen-bond donors (Lipinski definition) is 2. The Morgan fingerprint density at radius 3 is 2.21 bits per heavy atom. The van der Waals surface area contributed by atoms with Crippen molar-refractivity contribution in [2.75, 3.05) is 30.2 Å². The van der Waals surface area contributed by atoms with Crippen LogP contribution in [-0.2, 0) is 20.0 Å². The van der Waals surface area contributed by atoms with E-state index >= 15 is 0 Å². The van der Waals surface area contributed by atoms with Crippen LogP contribution in [-0.4, -0.2) is 47.2 Å². The summed E-state index contributed by atoms with van der Waals surface area (Å²) in [5.41, 5.74) is 2.85. The van der Waals surface area contributed by atoms with Gasteiger partial charge < -0.3 is 10.1 Å². The number of methoxy groups -OCH3 is 1. The molecule has 3 aromatic rings. The quantitative estimate of drug-likeness (QED) is 0.422. The zero-order chi connectivity index (χ0) is 27.7. The lowest BCUT2D eigenvalue weighted by atomic mass is 10.1. The van der Waals surface area contributed by atoms with Crippen molar-refractivity contribution in [1.82, 2.24) is 4.31 Å². The zero-order valence-corrected chi connectivity index (χ0v) is 23.4. The molecule has 3 aromatic carbocycles. The fourth-order valence-electron chi connectivity index (χ4n) is 4.29. The Morgan fingerprint density at radius 1 is 0.842 bits per heavy atom. The molecule has 0 aliphatic carbocycles. The maximum Gasteiger partial charge on any atom is 0.262 e. The van der Waals surface area contributed by atoms with Crippen molar-refractivity contribution in [2.45, 2.75) is 43.4 Å². The fraction of sp³-hybridized carbons (Fsp3) is 0.296. The molecule has 1 fully saturated rings. The number of aryl methyl sites for hydroxylation is 3. The van der Waals surface area contributed by atoms with E-state index in [9.17, 15) is 21.6 Å². The van der Waals surface area contributed by atoms with Crippen LogP contribution in [0, 0.1) is 20.8 Å². The Balaban J connectivity index is 1.64. The summed E-state index contributed by atoms with van der Waals surface area (Å²) in [7, 11) is -6.30. The highest BCUT2D eigenvalue weighted by Crippen LogP contribution is 2.31. The first-order valence-corrected chi connectivity index (χ1v) is 15.0. The average Bonchev–Trinajstić information content (AvgIpc) is 3.42. The number of nitrogens with zero attached hydrogens (tertiary/aromatic N) is 1. The summed E-state index contributed by atoms with van der Waals surface area (Å²) in [5, 5.41) is 2.68. The van der Waals surface area contributed by atoms with E-state index in [1.165, 1.54) is 41.7 Å². The van der Waals surface area contributed by atoms with E-state index < -0.39 is 26.0 Å². The molecule has 4 rings (SSSR count). The van der Waals surface area contributed by atoms with E-state index in [4.69, 9.17) is 4.74 Å². The Bertz CT molecular complexity index is 1590. The van der Waals surface area contributed by atoms with Gasteiger partial charge in [-0.2, -0.15) is 4.31 Å². The monoisotopic (exact) mass is 557 g/mol. The van der Waals surface area contributed by atoms with E-state index in [-0.39, 0.29) is 26.8 Å². The average molecular weight is 558 g/mol. The topological polar surface area (TPSA) is 122 Å². The number of carbonyl (C=O) groups is 1. The number of sulfonamides is 2. The molecule has 1 saturated heterocycles. The molecule has 1 aliphatic rings. The molecule has 9 nitrogen and oxygen atoms in total. The van der Waals surface area contributed by atoms with Crippen LogP contribution >= 0.6 is 0 Å². The number of nitrogens with one attached hydrogen (secondary N) is 2. The van der Waals surface area contributed by atoms with E-state index in [1.54, 1.807) is 26.0 Å². The summed E-state index contributed by atoms with van der Waals surface area (Å²) < 4.78 is 62.0. The molecular weight excluding hydrogens is 526 g/mol. The maximum atomic E-state index is 13.3. The van der Waals surface area contributed by atoms with Crippen molar-refractivity contribution in [3.05, 3.63) is 76.9 Å². The van der Waals surface area contributed by atoms with Gasteiger partial charge in [-0.25, -0.2) is 16.8 Å². The second kappa shape index (κ2) is 10.8. The second-order valence-corrected chi connectivity index (χ2v) is 12.9. The number of carbonyl (C=O) groups excluding carboxylic acids is 1. The van der Waals surface area contributed by atoms with E-state index in [2.05, 4.69) is 10.0 Å². The highest BCUT2D eigenvalue weighted by atomic mass is 32.2. The van der Waals surface area contributed by atoms with E-state index in [0.717, 1.165) is 24.0 Å². The van der Waals surface area contributed by atoms with Crippen molar-refractivity contribution >= 4 is 37.3 Å². The molecule has 0 saturated carbocycles. The summed E-state index contributed by atoms with van der Waals surface area (Å²) in [4.78, 5) is 13.2. The van der Waals surface area contributed by atoms with Gasteiger partial charge in [0, 0.05) is 18.7 Å². The lowest BCUT2D eigenvalue weighted by Gasteiger charge is -2.18. The minimum Gasteiger partial charge on any atom is -0.495 e. The molecule has 0 spiro atoms. The standard InChI is InChI=1S/C27H31N3O6S2/c1-18-7-8-19(2)23(15-18)29-37(32,33)26-16-21(10-9-20(26)3)27(31)28-24-17-22(11-12-25(24)36-4)38(34,35)30-13-5-6-14-30/h7-12,15-17,29H,5-6,13-14H2,1-4H3,(H,28,31). The number of amides is 1. The number of anilines is 2. The number of rotatable bonds is 8. The SMILES string of the molecule is COc1ccc(S(=O)(=O)N2CCCC2)cc1NC(=O)c1ccc(C)c(S(=O)(=O)Nc2cc(C)ccc2C)c1. The summed E-state index contributed by atoms with van der Waals surface area (Å²) in [5.74, 6) is -0.336. The molecule has 1 amide bonds. The van der Waals surface area contributed by atoms with Crippen LogP contribution in [0.4, 0.5) is 11.4 Å². The van der Waals surface area contributed by atoms with Gasteiger partial charge in [0.05, 0.1) is 28.3 Å². The Labute approximate surface area is 223 Å². The van der Waals surface area contributed by atoms with Crippen molar-refractivity contribution in [2.24, 2.45) is 0 Å². The van der Waals surface area contributed by atoms with Crippen LogP contribution in [0.5, 0.6) is 5.75 Å². The van der Waals surface area contributed by atoms with Crippen LogP contribution in [0.25, 0.3) is 0 Å². The van der Waals surface area contributed by atoms with Crippen LogP contribution in [0.3, 0.4) is 0 Å². The first-order chi connectivity index (χ1) is 17.9. The van der Waals surface area contributed by atoms with Gasteiger partial charge in [0.1, 0.15) is 5.75 Å². The summed E-state index contributed by atoms with van der Waals surface area (Å²) in [6, 6.07) is 14.1. The third kappa shape index (κ3) is 5.69. The van der Waals surface area contributed by atoms with Crippen LogP contribution < -0.4 is 14.8 Å². The molecule has 0 atom stereocenters. The van der Waals surface area contributed by atoms with Gasteiger partial charge in [-0.3, -0.25) is 9.52 Å².